The molecule has 0 aliphatic carbocycles. The van der Waals surface area contributed by atoms with Crippen LogP contribution in [0.4, 0.5) is 22.0 Å². The number of rotatable bonds is 9. The van der Waals surface area contributed by atoms with Crippen LogP contribution in [0.1, 0.15) is 25.8 Å². The standard InChI is InChI=1S/C18H21F5N2O3/c1-3-28-17(27)15(25-11(2)26)8-7-12(9-24-10-18(21,22)23)13-5-4-6-14(19)16(13)20/h4-7,15,24H,3,8-10H2,1-2H3,(H,25,26). The van der Waals surface area contributed by atoms with Gasteiger partial charge in [0.05, 0.1) is 13.2 Å². The number of benzene rings is 1. The first kappa shape index (κ1) is 23.5. The minimum Gasteiger partial charge on any atom is -0.464 e. The molecule has 1 unspecified atom stereocenters. The topological polar surface area (TPSA) is 67.4 Å². The molecule has 1 atom stereocenters. The summed E-state index contributed by atoms with van der Waals surface area (Å²) in [7, 11) is 0. The Morgan fingerprint density at radius 2 is 1.93 bits per heavy atom. The third kappa shape index (κ3) is 8.03. The molecule has 1 amide bonds. The van der Waals surface area contributed by atoms with Crippen molar-refractivity contribution in [3.8, 4) is 0 Å². The largest absolute Gasteiger partial charge is 0.464 e. The van der Waals surface area contributed by atoms with Gasteiger partial charge in [-0.25, -0.2) is 13.6 Å². The minimum atomic E-state index is -4.49. The first-order chi connectivity index (χ1) is 13.0. The van der Waals surface area contributed by atoms with Gasteiger partial charge in [-0.15, -0.1) is 0 Å². The van der Waals surface area contributed by atoms with Crippen LogP contribution in [0.2, 0.25) is 0 Å². The molecular weight excluding hydrogens is 387 g/mol. The van der Waals surface area contributed by atoms with Gasteiger partial charge in [-0.2, -0.15) is 13.2 Å². The lowest BCUT2D eigenvalue weighted by Gasteiger charge is -2.17. The third-order valence-corrected chi connectivity index (χ3v) is 3.49. The van der Waals surface area contributed by atoms with Crippen molar-refractivity contribution in [3.05, 3.63) is 41.5 Å². The van der Waals surface area contributed by atoms with E-state index in [1.807, 2.05) is 0 Å². The van der Waals surface area contributed by atoms with E-state index in [9.17, 15) is 31.5 Å². The molecule has 5 nitrogen and oxygen atoms in total. The Balaban J connectivity index is 3.11. The lowest BCUT2D eigenvalue weighted by atomic mass is 10.0. The maximum atomic E-state index is 14.1. The highest BCUT2D eigenvalue weighted by Gasteiger charge is 2.27. The molecule has 0 aliphatic rings. The summed E-state index contributed by atoms with van der Waals surface area (Å²) < 4.78 is 69.6. The number of nitrogens with one attached hydrogen (secondary N) is 2. The Kier molecular flexibility index (Phi) is 9.04. The molecule has 0 aromatic heterocycles. The molecule has 0 fully saturated rings. The fraction of sp³-hybridized carbons (Fsp3) is 0.444. The van der Waals surface area contributed by atoms with E-state index in [0.717, 1.165) is 6.07 Å². The van der Waals surface area contributed by atoms with Crippen molar-refractivity contribution in [2.75, 3.05) is 19.7 Å². The van der Waals surface area contributed by atoms with Gasteiger partial charge in [0.1, 0.15) is 6.04 Å². The molecule has 2 N–H and O–H groups in total. The van der Waals surface area contributed by atoms with E-state index in [4.69, 9.17) is 4.74 Å². The molecule has 1 aromatic carbocycles. The average molecular weight is 408 g/mol. The average Bonchev–Trinajstić information content (AvgIpc) is 2.58. The number of ether oxygens (including phenoxy) is 1. The highest BCUT2D eigenvalue weighted by molar-refractivity contribution is 5.83. The van der Waals surface area contributed by atoms with E-state index >= 15 is 0 Å². The summed E-state index contributed by atoms with van der Waals surface area (Å²) >= 11 is 0. The van der Waals surface area contributed by atoms with Gasteiger partial charge in [-0.3, -0.25) is 4.79 Å². The summed E-state index contributed by atoms with van der Waals surface area (Å²) in [6.07, 6.45) is -3.41. The van der Waals surface area contributed by atoms with Gasteiger partial charge >= 0.3 is 12.1 Å². The van der Waals surface area contributed by atoms with Crippen LogP contribution in [0.25, 0.3) is 5.57 Å². The van der Waals surface area contributed by atoms with Crippen molar-refractivity contribution in [1.29, 1.82) is 0 Å². The number of carbonyl (C=O) groups is 2. The molecule has 0 bridgehead atoms. The molecule has 0 saturated heterocycles. The van der Waals surface area contributed by atoms with Crippen LogP contribution in [0.3, 0.4) is 0 Å². The SMILES string of the molecule is CCOC(=O)C(CC=C(CNCC(F)(F)F)c1cccc(F)c1F)NC(C)=O. The van der Waals surface area contributed by atoms with E-state index in [2.05, 4.69) is 10.6 Å². The van der Waals surface area contributed by atoms with E-state index < -0.39 is 48.8 Å². The molecule has 28 heavy (non-hydrogen) atoms. The second-order valence-electron chi connectivity index (χ2n) is 5.79. The molecule has 156 valence electrons. The lowest BCUT2D eigenvalue weighted by Crippen LogP contribution is -2.40. The molecule has 0 radical (unpaired) electrons. The van der Waals surface area contributed by atoms with Gasteiger partial charge in [-0.05, 0) is 25.0 Å². The normalized spacial score (nSPS) is 13.2. The molecule has 1 aromatic rings. The van der Waals surface area contributed by atoms with E-state index in [0.29, 0.717) is 0 Å². The van der Waals surface area contributed by atoms with Gasteiger partial charge in [0.25, 0.3) is 0 Å². The zero-order valence-electron chi connectivity index (χ0n) is 15.3. The van der Waals surface area contributed by atoms with Crippen LogP contribution in [-0.4, -0.2) is 43.8 Å². The van der Waals surface area contributed by atoms with Gasteiger partial charge in [0.15, 0.2) is 11.6 Å². The van der Waals surface area contributed by atoms with Crippen molar-refractivity contribution in [3.63, 3.8) is 0 Å². The Bertz CT molecular complexity index is 720. The molecular formula is C18H21F5N2O3. The fourth-order valence-electron chi connectivity index (χ4n) is 2.33. The third-order valence-electron chi connectivity index (χ3n) is 3.49. The maximum Gasteiger partial charge on any atom is 0.401 e. The first-order valence-electron chi connectivity index (χ1n) is 8.39. The lowest BCUT2D eigenvalue weighted by molar-refractivity contribution is -0.147. The van der Waals surface area contributed by atoms with Crippen LogP contribution < -0.4 is 10.6 Å². The Morgan fingerprint density at radius 1 is 1.25 bits per heavy atom. The summed E-state index contributed by atoms with van der Waals surface area (Å²) in [5, 5.41) is 4.45. The van der Waals surface area contributed by atoms with E-state index in [1.54, 1.807) is 6.92 Å². The molecule has 0 saturated carbocycles. The molecule has 1 rings (SSSR count). The maximum absolute atomic E-state index is 14.1. The highest BCUT2D eigenvalue weighted by Crippen LogP contribution is 2.22. The summed E-state index contributed by atoms with van der Waals surface area (Å²) in [5.74, 6) is -3.67. The minimum absolute atomic E-state index is 0.000834. The number of alkyl halides is 3. The molecule has 0 spiro atoms. The van der Waals surface area contributed by atoms with Gasteiger partial charge in [-0.1, -0.05) is 18.2 Å². The zero-order chi connectivity index (χ0) is 21.3. The van der Waals surface area contributed by atoms with Crippen molar-refractivity contribution in [2.24, 2.45) is 0 Å². The van der Waals surface area contributed by atoms with E-state index in [-0.39, 0.29) is 24.2 Å². The van der Waals surface area contributed by atoms with Crippen LogP contribution in [0.15, 0.2) is 24.3 Å². The first-order valence-corrected chi connectivity index (χ1v) is 8.39. The summed E-state index contributed by atoms with van der Waals surface area (Å²) in [6.45, 7) is 1.02. The van der Waals surface area contributed by atoms with Crippen molar-refractivity contribution in [2.45, 2.75) is 32.5 Å². The van der Waals surface area contributed by atoms with Crippen LogP contribution in [0, 0.1) is 11.6 Å². The predicted octanol–water partition coefficient (Wildman–Crippen LogP) is 2.96. The summed E-state index contributed by atoms with van der Waals surface area (Å²) in [5.41, 5.74) is -0.249. The van der Waals surface area contributed by atoms with Crippen LogP contribution in [0.5, 0.6) is 0 Å². The zero-order valence-corrected chi connectivity index (χ0v) is 15.3. The van der Waals surface area contributed by atoms with Gasteiger partial charge < -0.3 is 15.4 Å². The number of hydrogen-bond donors (Lipinski definition) is 2. The predicted molar refractivity (Wildman–Crippen MR) is 92.1 cm³/mol. The monoisotopic (exact) mass is 408 g/mol. The van der Waals surface area contributed by atoms with Gasteiger partial charge in [0, 0.05) is 19.0 Å². The fourth-order valence-corrected chi connectivity index (χ4v) is 2.33. The Hall–Kier alpha value is -2.49. The summed E-state index contributed by atoms with van der Waals surface area (Å²) in [4.78, 5) is 23.2. The quantitative estimate of drug-likeness (QED) is 0.487. The molecule has 0 aliphatic heterocycles. The van der Waals surface area contributed by atoms with Crippen molar-refractivity contribution < 1.29 is 36.3 Å². The Labute approximate surface area is 158 Å². The van der Waals surface area contributed by atoms with E-state index in [1.165, 1.54) is 25.1 Å². The second kappa shape index (κ2) is 10.7. The Morgan fingerprint density at radius 3 is 2.50 bits per heavy atom. The smallest absolute Gasteiger partial charge is 0.401 e. The second-order valence-corrected chi connectivity index (χ2v) is 5.79. The highest BCUT2D eigenvalue weighted by atomic mass is 19.4. The van der Waals surface area contributed by atoms with Gasteiger partial charge in [0.2, 0.25) is 5.91 Å². The summed E-state index contributed by atoms with van der Waals surface area (Å²) in [6, 6.07) is 2.17. The molecule has 0 heterocycles. The van der Waals surface area contributed by atoms with Crippen LogP contribution >= 0.6 is 0 Å². The molecule has 10 heteroatoms. The van der Waals surface area contributed by atoms with Crippen molar-refractivity contribution in [1.82, 2.24) is 10.6 Å². The number of carbonyl (C=O) groups excluding carboxylic acids is 2. The number of amides is 1. The number of hydrogen-bond acceptors (Lipinski definition) is 4. The number of esters is 1. The van der Waals surface area contributed by atoms with Crippen molar-refractivity contribution >= 4 is 17.4 Å². The van der Waals surface area contributed by atoms with Crippen LogP contribution in [-0.2, 0) is 14.3 Å². The number of halogens is 5.